The molecule has 21 heavy (non-hydrogen) atoms. The number of carbonyl (C=O) groups is 1. The van der Waals surface area contributed by atoms with Crippen LogP contribution < -0.4 is 5.73 Å². The summed E-state index contributed by atoms with van der Waals surface area (Å²) in [5.41, 5.74) is 6.30. The fourth-order valence-corrected chi connectivity index (χ4v) is 2.90. The summed E-state index contributed by atoms with van der Waals surface area (Å²) in [4.78, 5) is 13.8. The summed E-state index contributed by atoms with van der Waals surface area (Å²) in [5.74, 6) is -4.15. The van der Waals surface area contributed by atoms with Gasteiger partial charge in [-0.25, -0.2) is 13.2 Å². The average Bonchev–Trinajstić information content (AvgIpc) is 2.54. The van der Waals surface area contributed by atoms with Gasteiger partial charge in [0.15, 0.2) is 17.5 Å². The Morgan fingerprint density at radius 1 is 1.24 bits per heavy atom. The van der Waals surface area contributed by atoms with Crippen molar-refractivity contribution in [2.24, 2.45) is 5.73 Å². The topological polar surface area (TPSA) is 46.3 Å². The first-order chi connectivity index (χ1) is 9.82. The molecular formula is C15H19F3N2O. The number of hydrogen-bond acceptors (Lipinski definition) is 2. The van der Waals surface area contributed by atoms with Gasteiger partial charge in [-0.05, 0) is 44.4 Å². The van der Waals surface area contributed by atoms with Crippen molar-refractivity contribution in [3.63, 3.8) is 0 Å². The van der Waals surface area contributed by atoms with Crippen LogP contribution >= 0.6 is 0 Å². The summed E-state index contributed by atoms with van der Waals surface area (Å²) in [7, 11) is 0. The molecule has 1 aliphatic rings. The van der Waals surface area contributed by atoms with Gasteiger partial charge in [0.05, 0.1) is 6.04 Å². The van der Waals surface area contributed by atoms with Gasteiger partial charge < -0.3 is 10.6 Å². The van der Waals surface area contributed by atoms with Gasteiger partial charge in [-0.2, -0.15) is 0 Å². The number of likely N-dealkylation sites (tertiary alicyclic amines) is 1. The summed E-state index contributed by atoms with van der Waals surface area (Å²) in [5, 5.41) is 0. The van der Waals surface area contributed by atoms with Crippen molar-refractivity contribution >= 4 is 5.91 Å². The standard InChI is InChI=1S/C15H19F3N2O/c1-8(2)20-13(21)5-3-4-12(19)15(20)9-6-10(16)14(18)11(17)7-9/h6-8,12,15H,3-5,19H2,1-2H3. The van der Waals surface area contributed by atoms with E-state index in [1.165, 1.54) is 0 Å². The Labute approximate surface area is 121 Å². The molecule has 2 unspecified atom stereocenters. The van der Waals surface area contributed by atoms with E-state index in [9.17, 15) is 18.0 Å². The SMILES string of the molecule is CC(C)N1C(=O)CCCC(N)C1c1cc(F)c(F)c(F)c1. The summed E-state index contributed by atoms with van der Waals surface area (Å²) in [6.45, 7) is 3.64. The van der Waals surface area contributed by atoms with Crippen molar-refractivity contribution in [1.29, 1.82) is 0 Å². The number of nitrogens with zero attached hydrogens (tertiary/aromatic N) is 1. The molecule has 1 aliphatic heterocycles. The van der Waals surface area contributed by atoms with Crippen LogP contribution in [0.4, 0.5) is 13.2 Å². The number of carbonyl (C=O) groups excluding carboxylic acids is 1. The lowest BCUT2D eigenvalue weighted by Gasteiger charge is -2.37. The largest absolute Gasteiger partial charge is 0.332 e. The van der Waals surface area contributed by atoms with Gasteiger partial charge in [-0.1, -0.05) is 0 Å². The van der Waals surface area contributed by atoms with E-state index in [1.807, 2.05) is 13.8 Å². The maximum absolute atomic E-state index is 13.5. The zero-order valence-corrected chi connectivity index (χ0v) is 12.1. The lowest BCUT2D eigenvalue weighted by Crippen LogP contribution is -2.45. The third kappa shape index (κ3) is 3.05. The monoisotopic (exact) mass is 300 g/mol. The minimum atomic E-state index is -1.51. The molecule has 1 fully saturated rings. The highest BCUT2D eigenvalue weighted by Gasteiger charge is 2.35. The summed E-state index contributed by atoms with van der Waals surface area (Å²) >= 11 is 0. The van der Waals surface area contributed by atoms with Gasteiger partial charge in [0, 0.05) is 18.5 Å². The van der Waals surface area contributed by atoms with E-state index in [2.05, 4.69) is 0 Å². The van der Waals surface area contributed by atoms with E-state index in [0.29, 0.717) is 19.3 Å². The molecule has 2 N–H and O–H groups in total. The highest BCUT2D eigenvalue weighted by molar-refractivity contribution is 5.77. The fraction of sp³-hybridized carbons (Fsp3) is 0.533. The molecule has 2 atom stereocenters. The highest BCUT2D eigenvalue weighted by Crippen LogP contribution is 2.33. The smallest absolute Gasteiger partial charge is 0.223 e. The molecular weight excluding hydrogens is 281 g/mol. The van der Waals surface area contributed by atoms with E-state index in [4.69, 9.17) is 5.73 Å². The van der Waals surface area contributed by atoms with Gasteiger partial charge in [-0.15, -0.1) is 0 Å². The average molecular weight is 300 g/mol. The van der Waals surface area contributed by atoms with Crippen LogP contribution in [0.1, 0.15) is 44.7 Å². The third-order valence-electron chi connectivity index (χ3n) is 3.83. The molecule has 1 heterocycles. The Morgan fingerprint density at radius 3 is 2.33 bits per heavy atom. The minimum absolute atomic E-state index is 0.104. The quantitative estimate of drug-likeness (QED) is 0.854. The Hall–Kier alpha value is -1.56. The van der Waals surface area contributed by atoms with Gasteiger partial charge >= 0.3 is 0 Å². The predicted octanol–water partition coefficient (Wildman–Crippen LogP) is 2.89. The molecule has 0 aliphatic carbocycles. The van der Waals surface area contributed by atoms with E-state index >= 15 is 0 Å². The number of benzene rings is 1. The van der Waals surface area contributed by atoms with Crippen molar-refractivity contribution in [1.82, 2.24) is 4.90 Å². The maximum atomic E-state index is 13.5. The molecule has 1 aromatic rings. The van der Waals surface area contributed by atoms with Crippen molar-refractivity contribution in [2.75, 3.05) is 0 Å². The normalized spacial score (nSPS) is 23.6. The van der Waals surface area contributed by atoms with E-state index in [0.717, 1.165) is 12.1 Å². The van der Waals surface area contributed by atoms with E-state index < -0.39 is 29.5 Å². The molecule has 1 amide bonds. The van der Waals surface area contributed by atoms with Gasteiger partial charge in [-0.3, -0.25) is 4.79 Å². The third-order valence-corrected chi connectivity index (χ3v) is 3.83. The fourth-order valence-electron chi connectivity index (χ4n) is 2.90. The summed E-state index contributed by atoms with van der Waals surface area (Å²) in [6, 6.07) is 0.601. The Bertz CT molecular complexity index is 525. The second kappa shape index (κ2) is 6.05. The van der Waals surface area contributed by atoms with Crippen LogP contribution in [0.25, 0.3) is 0 Å². The first-order valence-electron chi connectivity index (χ1n) is 7.04. The molecule has 2 rings (SSSR count). The Kier molecular flexibility index (Phi) is 4.56. The van der Waals surface area contributed by atoms with Crippen molar-refractivity contribution < 1.29 is 18.0 Å². The number of rotatable bonds is 2. The van der Waals surface area contributed by atoms with Crippen LogP contribution in [0.3, 0.4) is 0 Å². The van der Waals surface area contributed by atoms with Crippen LogP contribution in [0.15, 0.2) is 12.1 Å². The van der Waals surface area contributed by atoms with Crippen LogP contribution in [-0.2, 0) is 4.79 Å². The van der Waals surface area contributed by atoms with Gasteiger partial charge in [0.1, 0.15) is 0 Å². The van der Waals surface area contributed by atoms with E-state index in [-0.39, 0.29) is 17.5 Å². The Balaban J connectivity index is 2.52. The molecule has 0 bridgehead atoms. The summed E-state index contributed by atoms with van der Waals surface area (Å²) < 4.78 is 40.1. The molecule has 0 spiro atoms. The lowest BCUT2D eigenvalue weighted by atomic mass is 9.95. The zero-order valence-electron chi connectivity index (χ0n) is 12.1. The van der Waals surface area contributed by atoms with Gasteiger partial charge in [0.2, 0.25) is 5.91 Å². The second-order valence-corrected chi connectivity index (χ2v) is 5.69. The predicted molar refractivity (Wildman–Crippen MR) is 72.9 cm³/mol. The Morgan fingerprint density at radius 2 is 1.81 bits per heavy atom. The molecule has 0 aromatic heterocycles. The number of halogens is 3. The number of nitrogens with two attached hydrogens (primary N) is 1. The van der Waals surface area contributed by atoms with Crippen LogP contribution in [0.5, 0.6) is 0 Å². The minimum Gasteiger partial charge on any atom is -0.332 e. The molecule has 1 saturated heterocycles. The molecule has 6 heteroatoms. The molecule has 3 nitrogen and oxygen atoms in total. The second-order valence-electron chi connectivity index (χ2n) is 5.69. The first kappa shape index (κ1) is 15.8. The van der Waals surface area contributed by atoms with Crippen molar-refractivity contribution in [2.45, 2.75) is 51.2 Å². The van der Waals surface area contributed by atoms with Gasteiger partial charge in [0.25, 0.3) is 0 Å². The molecule has 0 saturated carbocycles. The van der Waals surface area contributed by atoms with Crippen molar-refractivity contribution in [3.8, 4) is 0 Å². The summed E-state index contributed by atoms with van der Waals surface area (Å²) in [6.07, 6.45) is 1.56. The van der Waals surface area contributed by atoms with Crippen LogP contribution in [0, 0.1) is 17.5 Å². The van der Waals surface area contributed by atoms with E-state index in [1.54, 1.807) is 4.90 Å². The molecule has 116 valence electrons. The number of amides is 1. The molecule has 1 aromatic carbocycles. The highest BCUT2D eigenvalue weighted by atomic mass is 19.2. The lowest BCUT2D eigenvalue weighted by molar-refractivity contribution is -0.135. The van der Waals surface area contributed by atoms with Crippen LogP contribution in [0.2, 0.25) is 0 Å². The first-order valence-corrected chi connectivity index (χ1v) is 7.04. The zero-order chi connectivity index (χ0) is 15.7. The van der Waals surface area contributed by atoms with Crippen LogP contribution in [-0.4, -0.2) is 22.9 Å². The maximum Gasteiger partial charge on any atom is 0.223 e. The van der Waals surface area contributed by atoms with Crippen molar-refractivity contribution in [3.05, 3.63) is 35.1 Å². The molecule has 0 radical (unpaired) electrons. The number of hydrogen-bond donors (Lipinski definition) is 1.